The van der Waals surface area contributed by atoms with Crippen LogP contribution < -0.4 is 5.32 Å². The average Bonchev–Trinajstić information content (AvgIpc) is 2.99. The van der Waals surface area contributed by atoms with Crippen molar-refractivity contribution in [2.75, 3.05) is 6.61 Å². The van der Waals surface area contributed by atoms with Gasteiger partial charge in [-0.2, -0.15) is 0 Å². The van der Waals surface area contributed by atoms with Gasteiger partial charge in [-0.1, -0.05) is 53.9 Å². The lowest BCUT2D eigenvalue weighted by Crippen LogP contribution is -2.72. The number of carbonyl (C=O) groups is 2. The Morgan fingerprint density at radius 1 is 1.57 bits per heavy atom. The van der Waals surface area contributed by atoms with Crippen LogP contribution in [-0.2, 0) is 14.3 Å². The van der Waals surface area contributed by atoms with Gasteiger partial charge in [0.2, 0.25) is 9.70 Å². The first-order chi connectivity index (χ1) is 10.6. The largest absolute Gasteiger partial charge is 0.459 e. The molecule has 5 nitrogen and oxygen atoms in total. The monoisotopic (exact) mass is 416 g/mol. The van der Waals surface area contributed by atoms with Crippen LogP contribution in [0, 0.1) is 0 Å². The lowest BCUT2D eigenvalue weighted by atomic mass is 10.0. The lowest BCUT2D eigenvalue weighted by molar-refractivity contribution is -0.165. The minimum absolute atomic E-state index is 0.119. The van der Waals surface area contributed by atoms with Crippen LogP contribution in [0.3, 0.4) is 0 Å². The maximum Gasteiger partial charge on any atom is 0.333 e. The van der Waals surface area contributed by atoms with Crippen molar-refractivity contribution in [3.8, 4) is 0 Å². The quantitative estimate of drug-likeness (QED) is 0.328. The molecule has 0 bridgehead atoms. The molecule has 2 heterocycles. The number of nitrogens with zero attached hydrogens (tertiary/aromatic N) is 1. The predicted molar refractivity (Wildman–Crippen MR) is 95.0 cm³/mol. The van der Waals surface area contributed by atoms with E-state index >= 15 is 0 Å². The maximum atomic E-state index is 12.5. The van der Waals surface area contributed by atoms with Crippen LogP contribution >= 0.6 is 58.8 Å². The molecule has 1 saturated carbocycles. The van der Waals surface area contributed by atoms with Gasteiger partial charge in [-0.05, 0) is 13.3 Å². The zero-order chi connectivity index (χ0) is 17.2. The van der Waals surface area contributed by atoms with Crippen molar-refractivity contribution in [2.45, 2.75) is 52.2 Å². The number of carbonyl (C=O) groups excluding carboxylic acids is 2. The number of fused-ring (bicyclic) bond motifs is 3. The van der Waals surface area contributed by atoms with Gasteiger partial charge >= 0.3 is 5.97 Å². The highest BCUT2D eigenvalue weighted by Crippen LogP contribution is 2.72. The van der Waals surface area contributed by atoms with E-state index in [0.29, 0.717) is 17.8 Å². The Bertz CT molecular complexity index is 600. The first kappa shape index (κ1) is 17.9. The summed E-state index contributed by atoms with van der Waals surface area (Å²) in [5.74, 6) is -0.642. The Morgan fingerprint density at radius 3 is 2.78 bits per heavy atom. The second-order valence-corrected chi connectivity index (χ2v) is 10.7. The number of amides is 1. The standard InChI is InChI=1S/C13H15Cl3N2O3S2/c1-3-6(22)17-7-8(19)18-9(7)23-11(2)4-12(11,18)10(20)21-5-13(14,15)16/h7,9H,3-5H2,1-2H3,(H,17,22)/t7?,9-,11?,12?/m1/s1. The van der Waals surface area contributed by atoms with Gasteiger partial charge in [0.1, 0.15) is 18.0 Å². The van der Waals surface area contributed by atoms with Gasteiger partial charge in [-0.25, -0.2) is 4.79 Å². The number of thiocarbonyl (C=S) groups is 1. The summed E-state index contributed by atoms with van der Waals surface area (Å²) < 4.78 is 3.12. The van der Waals surface area contributed by atoms with Crippen molar-refractivity contribution in [3.63, 3.8) is 0 Å². The zero-order valence-corrected chi connectivity index (χ0v) is 16.3. The highest BCUT2D eigenvalue weighted by molar-refractivity contribution is 8.02. The second-order valence-electron chi connectivity index (χ2n) is 6.07. The van der Waals surface area contributed by atoms with Crippen molar-refractivity contribution in [2.24, 2.45) is 0 Å². The Kier molecular flexibility index (Phi) is 4.29. The minimum atomic E-state index is -1.67. The third-order valence-electron chi connectivity index (χ3n) is 4.52. The molecule has 3 unspecified atom stereocenters. The van der Waals surface area contributed by atoms with Crippen LogP contribution in [0.2, 0.25) is 0 Å². The lowest BCUT2D eigenvalue weighted by Gasteiger charge is -2.46. The molecule has 0 aromatic heterocycles. The van der Waals surface area contributed by atoms with Gasteiger partial charge in [-0.15, -0.1) is 11.8 Å². The highest BCUT2D eigenvalue weighted by atomic mass is 35.6. The van der Waals surface area contributed by atoms with Gasteiger partial charge in [0.05, 0.1) is 9.74 Å². The molecule has 1 aliphatic carbocycles. The summed E-state index contributed by atoms with van der Waals surface area (Å²) >= 11 is 23.6. The second kappa shape index (κ2) is 5.53. The molecular formula is C13H15Cl3N2O3S2. The normalized spacial score (nSPS) is 37.6. The molecular weight excluding hydrogens is 403 g/mol. The molecule has 0 radical (unpaired) electrons. The van der Waals surface area contributed by atoms with Crippen molar-refractivity contribution < 1.29 is 14.3 Å². The van der Waals surface area contributed by atoms with Crippen LogP contribution in [0.4, 0.5) is 0 Å². The Morgan fingerprint density at radius 2 is 2.22 bits per heavy atom. The van der Waals surface area contributed by atoms with E-state index in [9.17, 15) is 9.59 Å². The zero-order valence-electron chi connectivity index (χ0n) is 12.4. The summed E-state index contributed by atoms with van der Waals surface area (Å²) in [5.41, 5.74) is -0.943. The van der Waals surface area contributed by atoms with Crippen molar-refractivity contribution in [1.29, 1.82) is 0 Å². The van der Waals surface area contributed by atoms with Crippen LogP contribution in [0.25, 0.3) is 0 Å². The average molecular weight is 418 g/mol. The summed E-state index contributed by atoms with van der Waals surface area (Å²) in [6.45, 7) is 3.54. The fourth-order valence-electron chi connectivity index (χ4n) is 3.24. The number of hydrogen-bond donors (Lipinski definition) is 1. The topological polar surface area (TPSA) is 58.6 Å². The van der Waals surface area contributed by atoms with Gasteiger partial charge < -0.3 is 15.0 Å². The van der Waals surface area contributed by atoms with Gasteiger partial charge in [-0.3, -0.25) is 4.79 Å². The molecule has 3 fully saturated rings. The molecule has 23 heavy (non-hydrogen) atoms. The number of hydrogen-bond acceptors (Lipinski definition) is 5. The predicted octanol–water partition coefficient (Wildman–Crippen LogP) is 2.41. The molecule has 2 aliphatic heterocycles. The van der Waals surface area contributed by atoms with E-state index in [4.69, 9.17) is 51.8 Å². The number of ether oxygens (including phenoxy) is 1. The van der Waals surface area contributed by atoms with E-state index in [2.05, 4.69) is 5.32 Å². The van der Waals surface area contributed by atoms with Crippen molar-refractivity contribution >= 4 is 75.6 Å². The molecule has 128 valence electrons. The third kappa shape index (κ3) is 2.63. The van der Waals surface area contributed by atoms with E-state index in [-0.39, 0.29) is 28.7 Å². The number of halogens is 3. The molecule has 0 spiro atoms. The summed E-state index contributed by atoms with van der Waals surface area (Å²) in [7, 11) is 0. The van der Waals surface area contributed by atoms with Crippen LogP contribution in [0.5, 0.6) is 0 Å². The molecule has 4 atom stereocenters. The van der Waals surface area contributed by atoms with E-state index < -0.39 is 15.3 Å². The highest BCUT2D eigenvalue weighted by Gasteiger charge is 2.85. The Labute approximate surface area is 158 Å². The third-order valence-corrected chi connectivity index (χ3v) is 6.98. The fraction of sp³-hybridized carbons (Fsp3) is 0.769. The van der Waals surface area contributed by atoms with Crippen LogP contribution in [0.15, 0.2) is 0 Å². The van der Waals surface area contributed by atoms with Gasteiger partial charge in [0, 0.05) is 6.42 Å². The number of thioether (sulfide) groups is 1. The summed E-state index contributed by atoms with van der Waals surface area (Å²) in [6.07, 6.45) is 1.22. The summed E-state index contributed by atoms with van der Waals surface area (Å²) in [6, 6.07) is -0.380. The summed E-state index contributed by atoms with van der Waals surface area (Å²) in [4.78, 5) is 27.3. The van der Waals surface area contributed by atoms with Crippen molar-refractivity contribution in [3.05, 3.63) is 0 Å². The molecule has 10 heteroatoms. The van der Waals surface area contributed by atoms with E-state index in [0.717, 1.165) is 0 Å². The molecule has 3 rings (SSSR count). The Balaban J connectivity index is 1.73. The van der Waals surface area contributed by atoms with E-state index in [1.807, 2.05) is 13.8 Å². The van der Waals surface area contributed by atoms with Gasteiger partial charge in [0.15, 0.2) is 5.54 Å². The summed E-state index contributed by atoms with van der Waals surface area (Å²) in [5, 5.41) is 2.94. The molecule has 0 aromatic rings. The SMILES string of the molecule is CCC(=S)NC1C(=O)N2[C@@H]1SC1(C)CC21C(=O)OCC(Cl)(Cl)Cl. The number of rotatable bonds is 4. The van der Waals surface area contributed by atoms with Crippen LogP contribution in [0.1, 0.15) is 26.7 Å². The number of alkyl halides is 3. The van der Waals surface area contributed by atoms with E-state index in [1.54, 1.807) is 16.7 Å². The Hall–Kier alpha value is 0.0500. The molecule has 1 amide bonds. The molecule has 3 aliphatic rings. The fourth-order valence-corrected chi connectivity index (χ4v) is 5.44. The first-order valence-electron chi connectivity index (χ1n) is 7.10. The number of nitrogens with one attached hydrogen (secondary N) is 1. The molecule has 2 saturated heterocycles. The van der Waals surface area contributed by atoms with Crippen molar-refractivity contribution in [1.82, 2.24) is 10.2 Å². The number of esters is 1. The smallest absolute Gasteiger partial charge is 0.333 e. The van der Waals surface area contributed by atoms with Gasteiger partial charge in [0.25, 0.3) is 0 Å². The maximum absolute atomic E-state index is 12.5. The molecule has 1 N–H and O–H groups in total. The first-order valence-corrected chi connectivity index (χ1v) is 9.52. The van der Waals surface area contributed by atoms with Crippen LogP contribution in [-0.4, -0.2) is 53.9 Å². The number of β-lactam (4-membered cyclic amide) rings is 1. The van der Waals surface area contributed by atoms with E-state index in [1.165, 1.54) is 0 Å². The molecule has 0 aromatic carbocycles. The minimum Gasteiger partial charge on any atom is -0.459 e.